The molecule has 0 spiro atoms. The lowest BCUT2D eigenvalue weighted by Gasteiger charge is -2.05. The molecule has 2 heterocycles. The van der Waals surface area contributed by atoms with Crippen LogP contribution in [0.2, 0.25) is 5.02 Å². The number of hydrogen-bond donors (Lipinski definition) is 2. The molecule has 0 aliphatic rings. The fourth-order valence-electron chi connectivity index (χ4n) is 2.33. The van der Waals surface area contributed by atoms with Crippen molar-refractivity contribution in [1.29, 1.82) is 0 Å². The average Bonchev–Trinajstić information content (AvgIpc) is 3.33. The molecule has 0 bridgehead atoms. The summed E-state index contributed by atoms with van der Waals surface area (Å²) in [4.78, 5) is 24.6. The molecule has 7 heteroatoms. The quantitative estimate of drug-likeness (QED) is 0.595. The van der Waals surface area contributed by atoms with Crippen LogP contribution in [0.4, 0.5) is 0 Å². The number of halogens is 1. The van der Waals surface area contributed by atoms with E-state index >= 15 is 0 Å². The minimum Gasteiger partial charge on any atom is -0.451 e. The number of furan rings is 1. The highest BCUT2D eigenvalue weighted by Gasteiger charge is 2.12. The fourth-order valence-corrected chi connectivity index (χ4v) is 3.16. The minimum atomic E-state index is -0.289. The Morgan fingerprint density at radius 2 is 1.81 bits per heavy atom. The van der Waals surface area contributed by atoms with Crippen LogP contribution in [0.1, 0.15) is 26.6 Å². The number of nitrogens with one attached hydrogen (secondary N) is 2. The molecule has 0 aliphatic heterocycles. The summed E-state index contributed by atoms with van der Waals surface area (Å²) in [5.74, 6) is 0.440. The largest absolute Gasteiger partial charge is 0.451 e. The van der Waals surface area contributed by atoms with E-state index in [4.69, 9.17) is 16.0 Å². The Morgan fingerprint density at radius 3 is 2.54 bits per heavy atom. The standard InChI is InChI=1S/C19H17ClN2O3S/c20-14-5-1-4-13(12-14)15-7-8-16(25-15)18(23)21-9-3-10-22-19(24)17-6-2-11-26-17/h1-2,4-8,11-12H,3,9-10H2,(H,21,23)(H,22,24). The van der Waals surface area contributed by atoms with Crippen molar-refractivity contribution < 1.29 is 14.0 Å². The van der Waals surface area contributed by atoms with Crippen molar-refractivity contribution >= 4 is 34.8 Å². The Hall–Kier alpha value is -2.57. The molecule has 0 saturated heterocycles. The zero-order valence-electron chi connectivity index (χ0n) is 13.8. The van der Waals surface area contributed by atoms with E-state index in [2.05, 4.69) is 10.6 Å². The van der Waals surface area contributed by atoms with Crippen LogP contribution < -0.4 is 10.6 Å². The third-order valence-electron chi connectivity index (χ3n) is 3.61. The van der Waals surface area contributed by atoms with E-state index in [9.17, 15) is 9.59 Å². The Kier molecular flexibility index (Phi) is 6.09. The van der Waals surface area contributed by atoms with Gasteiger partial charge >= 0.3 is 0 Å². The summed E-state index contributed by atoms with van der Waals surface area (Å²) >= 11 is 7.36. The highest BCUT2D eigenvalue weighted by molar-refractivity contribution is 7.12. The summed E-state index contributed by atoms with van der Waals surface area (Å²) in [6.07, 6.45) is 0.630. The number of hydrogen-bond acceptors (Lipinski definition) is 4. The molecule has 1 aromatic carbocycles. The van der Waals surface area contributed by atoms with Gasteiger partial charge in [0.25, 0.3) is 11.8 Å². The minimum absolute atomic E-state index is 0.0940. The van der Waals surface area contributed by atoms with Crippen LogP contribution in [0.5, 0.6) is 0 Å². The first-order valence-electron chi connectivity index (χ1n) is 8.09. The molecule has 2 amide bonds. The van der Waals surface area contributed by atoms with E-state index in [0.717, 1.165) is 5.56 Å². The van der Waals surface area contributed by atoms with Crippen molar-refractivity contribution in [3.63, 3.8) is 0 Å². The molecule has 2 N–H and O–H groups in total. The molecule has 134 valence electrons. The summed E-state index contributed by atoms with van der Waals surface area (Å²) in [7, 11) is 0. The van der Waals surface area contributed by atoms with Gasteiger partial charge in [-0.1, -0.05) is 29.8 Å². The third-order valence-corrected chi connectivity index (χ3v) is 4.71. The summed E-state index contributed by atoms with van der Waals surface area (Å²) in [6.45, 7) is 0.930. The molecule has 0 radical (unpaired) electrons. The maximum atomic E-state index is 12.1. The second kappa shape index (κ2) is 8.69. The highest BCUT2D eigenvalue weighted by Crippen LogP contribution is 2.24. The number of carbonyl (C=O) groups excluding carboxylic acids is 2. The highest BCUT2D eigenvalue weighted by atomic mass is 35.5. The smallest absolute Gasteiger partial charge is 0.287 e. The molecular formula is C19H17ClN2O3S. The van der Waals surface area contributed by atoms with E-state index in [1.807, 2.05) is 23.6 Å². The first-order chi connectivity index (χ1) is 12.6. The second-order valence-electron chi connectivity index (χ2n) is 5.52. The number of rotatable bonds is 7. The van der Waals surface area contributed by atoms with Gasteiger partial charge < -0.3 is 15.1 Å². The van der Waals surface area contributed by atoms with E-state index in [-0.39, 0.29) is 17.6 Å². The number of thiophene rings is 1. The van der Waals surface area contributed by atoms with Crippen molar-refractivity contribution in [2.24, 2.45) is 0 Å². The summed E-state index contributed by atoms with van der Waals surface area (Å²) in [5.41, 5.74) is 0.813. The van der Waals surface area contributed by atoms with Gasteiger partial charge in [-0.15, -0.1) is 11.3 Å². The molecule has 0 aliphatic carbocycles. The normalized spacial score (nSPS) is 10.5. The van der Waals surface area contributed by atoms with Crippen LogP contribution in [-0.2, 0) is 0 Å². The van der Waals surface area contributed by atoms with Crippen molar-refractivity contribution in [2.75, 3.05) is 13.1 Å². The van der Waals surface area contributed by atoms with Gasteiger partial charge in [0, 0.05) is 23.7 Å². The van der Waals surface area contributed by atoms with Gasteiger partial charge in [0.15, 0.2) is 5.76 Å². The van der Waals surface area contributed by atoms with Crippen LogP contribution >= 0.6 is 22.9 Å². The fraction of sp³-hybridized carbons (Fsp3) is 0.158. The topological polar surface area (TPSA) is 71.3 Å². The van der Waals surface area contributed by atoms with Gasteiger partial charge in [-0.3, -0.25) is 9.59 Å². The van der Waals surface area contributed by atoms with Crippen molar-refractivity contribution in [3.8, 4) is 11.3 Å². The molecule has 3 aromatic rings. The van der Waals surface area contributed by atoms with Crippen molar-refractivity contribution in [1.82, 2.24) is 10.6 Å². The van der Waals surface area contributed by atoms with Crippen LogP contribution in [0.15, 0.2) is 58.3 Å². The lowest BCUT2D eigenvalue weighted by Crippen LogP contribution is -2.29. The third kappa shape index (κ3) is 4.74. The lowest BCUT2D eigenvalue weighted by atomic mass is 10.2. The monoisotopic (exact) mass is 388 g/mol. The molecule has 0 fully saturated rings. The van der Waals surface area contributed by atoms with Crippen LogP contribution in [-0.4, -0.2) is 24.9 Å². The van der Waals surface area contributed by atoms with Gasteiger partial charge in [-0.05, 0) is 42.1 Å². The van der Waals surface area contributed by atoms with Crippen LogP contribution in [0.25, 0.3) is 11.3 Å². The van der Waals surface area contributed by atoms with Gasteiger partial charge in [0.2, 0.25) is 0 Å². The Bertz CT molecular complexity index is 890. The van der Waals surface area contributed by atoms with Crippen molar-refractivity contribution in [3.05, 3.63) is 69.6 Å². The molecular weight excluding hydrogens is 372 g/mol. The SMILES string of the molecule is O=C(NCCCNC(=O)c1cccs1)c1ccc(-c2cccc(Cl)c2)o1. The molecule has 26 heavy (non-hydrogen) atoms. The predicted octanol–water partition coefficient (Wildman–Crippen LogP) is 4.21. The molecule has 0 unspecified atom stereocenters. The molecule has 0 saturated carbocycles. The number of amides is 2. The second-order valence-corrected chi connectivity index (χ2v) is 6.90. The molecule has 5 nitrogen and oxygen atoms in total. The van der Waals surface area contributed by atoms with Gasteiger partial charge in [0.1, 0.15) is 5.76 Å². The summed E-state index contributed by atoms with van der Waals surface area (Å²) in [6, 6.07) is 14.2. The van der Waals surface area contributed by atoms with Crippen LogP contribution in [0, 0.1) is 0 Å². The van der Waals surface area contributed by atoms with Gasteiger partial charge in [-0.25, -0.2) is 0 Å². The molecule has 3 rings (SSSR count). The van der Waals surface area contributed by atoms with Crippen LogP contribution in [0.3, 0.4) is 0 Å². The maximum absolute atomic E-state index is 12.1. The van der Waals surface area contributed by atoms with Gasteiger partial charge in [0.05, 0.1) is 4.88 Å². The average molecular weight is 389 g/mol. The number of benzene rings is 1. The van der Waals surface area contributed by atoms with E-state index < -0.39 is 0 Å². The first kappa shape index (κ1) is 18.2. The van der Waals surface area contributed by atoms with E-state index in [1.165, 1.54) is 11.3 Å². The maximum Gasteiger partial charge on any atom is 0.287 e. The molecule has 0 atom stereocenters. The van der Waals surface area contributed by atoms with E-state index in [0.29, 0.717) is 35.2 Å². The Balaban J connectivity index is 1.43. The number of carbonyl (C=O) groups is 2. The lowest BCUT2D eigenvalue weighted by molar-refractivity contribution is 0.0926. The van der Waals surface area contributed by atoms with E-state index in [1.54, 1.807) is 30.3 Å². The molecule has 2 aromatic heterocycles. The van der Waals surface area contributed by atoms with Gasteiger partial charge in [-0.2, -0.15) is 0 Å². The first-order valence-corrected chi connectivity index (χ1v) is 9.35. The Labute approximate surface area is 160 Å². The zero-order valence-corrected chi connectivity index (χ0v) is 15.4. The summed E-state index contributed by atoms with van der Waals surface area (Å²) in [5, 5.41) is 8.05. The zero-order chi connectivity index (χ0) is 18.4. The summed E-state index contributed by atoms with van der Waals surface area (Å²) < 4.78 is 5.59. The Morgan fingerprint density at radius 1 is 1.00 bits per heavy atom. The predicted molar refractivity (Wildman–Crippen MR) is 103 cm³/mol. The van der Waals surface area contributed by atoms with Crippen molar-refractivity contribution in [2.45, 2.75) is 6.42 Å².